The lowest BCUT2D eigenvalue weighted by Crippen LogP contribution is -2.65. The molecular weight excluding hydrogens is 549 g/mol. The normalized spacial score (nSPS) is 35.6. The molecule has 1 aromatic carbocycles. The van der Waals surface area contributed by atoms with Gasteiger partial charge in [-0.1, -0.05) is 18.2 Å². The Morgan fingerprint density at radius 1 is 1.18 bits per heavy atom. The molecule has 0 spiro atoms. The summed E-state index contributed by atoms with van der Waals surface area (Å²) in [5, 5.41) is 36.3. The summed E-state index contributed by atoms with van der Waals surface area (Å²) in [6.07, 6.45) is -6.17. The summed E-state index contributed by atoms with van der Waals surface area (Å²) in [5.41, 5.74) is -0.0273. The summed E-state index contributed by atoms with van der Waals surface area (Å²) in [4.78, 5) is 13.4. The number of aliphatic hydroxyl groups excluding tert-OH is 3. The van der Waals surface area contributed by atoms with Gasteiger partial charge in [-0.05, 0) is 42.9 Å². The summed E-state index contributed by atoms with van der Waals surface area (Å²) >= 11 is 7.53. The molecular formula is C25H32ClF3N2O6S. The van der Waals surface area contributed by atoms with Crippen LogP contribution in [0.4, 0.5) is 13.2 Å². The first-order chi connectivity index (χ1) is 17.9. The number of fused-ring (bicyclic) bond motifs is 1. The molecule has 212 valence electrons. The Labute approximate surface area is 227 Å². The molecule has 4 unspecified atom stereocenters. The Kier molecular flexibility index (Phi) is 9.36. The maximum Gasteiger partial charge on any atom is 0.416 e. The number of thioether (sulfide) groups is 1. The largest absolute Gasteiger partial charge is 0.416 e. The van der Waals surface area contributed by atoms with E-state index in [2.05, 4.69) is 10.6 Å². The molecule has 0 bridgehead atoms. The molecule has 8 nitrogen and oxygen atoms in total. The monoisotopic (exact) mass is 580 g/mol. The van der Waals surface area contributed by atoms with E-state index in [0.717, 1.165) is 29.5 Å². The molecule has 4 rings (SSSR count). The Bertz CT molecular complexity index is 1010. The van der Waals surface area contributed by atoms with E-state index in [1.165, 1.54) is 12.1 Å². The Hall–Kier alpha value is -1.38. The van der Waals surface area contributed by atoms with Crippen molar-refractivity contribution in [2.24, 2.45) is 5.92 Å². The molecule has 3 aliphatic rings. The van der Waals surface area contributed by atoms with E-state index in [-0.39, 0.29) is 12.5 Å². The highest BCUT2D eigenvalue weighted by molar-refractivity contribution is 7.99. The first-order valence-electron chi connectivity index (χ1n) is 12.3. The van der Waals surface area contributed by atoms with Gasteiger partial charge < -0.3 is 35.4 Å². The van der Waals surface area contributed by atoms with Gasteiger partial charge in [0.15, 0.2) is 0 Å². The number of rotatable bonds is 6. The van der Waals surface area contributed by atoms with Crippen LogP contribution in [0.5, 0.6) is 0 Å². The molecule has 0 aliphatic carbocycles. The quantitative estimate of drug-likeness (QED) is 0.323. The van der Waals surface area contributed by atoms with E-state index < -0.39 is 71.1 Å². The molecule has 1 amide bonds. The first-order valence-corrected chi connectivity index (χ1v) is 14.0. The van der Waals surface area contributed by atoms with Crippen LogP contribution in [0.1, 0.15) is 24.5 Å². The van der Waals surface area contributed by atoms with Crippen LogP contribution in [0.2, 0.25) is 0 Å². The van der Waals surface area contributed by atoms with Crippen LogP contribution in [0.3, 0.4) is 0 Å². The van der Waals surface area contributed by atoms with Crippen LogP contribution in [-0.2, 0) is 20.4 Å². The minimum absolute atomic E-state index is 0.202. The second kappa shape index (κ2) is 12.0. The van der Waals surface area contributed by atoms with Gasteiger partial charge in [0.25, 0.3) is 0 Å². The van der Waals surface area contributed by atoms with Gasteiger partial charge in [-0.2, -0.15) is 13.2 Å². The molecule has 0 saturated carbocycles. The third-order valence-electron chi connectivity index (χ3n) is 7.28. The second-order valence-electron chi connectivity index (χ2n) is 9.79. The van der Waals surface area contributed by atoms with E-state index in [1.807, 2.05) is 6.08 Å². The Balaban J connectivity index is 1.47. The predicted octanol–water partition coefficient (Wildman–Crippen LogP) is 1.75. The second-order valence-corrected chi connectivity index (χ2v) is 11.4. The molecule has 10 atom stereocenters. The minimum atomic E-state index is -4.41. The summed E-state index contributed by atoms with van der Waals surface area (Å²) in [5.74, 6) is -0.634. The molecule has 38 heavy (non-hydrogen) atoms. The molecule has 13 heteroatoms. The average Bonchev–Trinajstić information content (AvgIpc) is 3.15. The van der Waals surface area contributed by atoms with Crippen molar-refractivity contribution < 1.29 is 42.8 Å². The number of ether oxygens (including phenoxy) is 2. The number of carbonyl (C=O) groups is 1. The zero-order valence-corrected chi connectivity index (χ0v) is 22.3. The topological polar surface area (TPSA) is 120 Å². The van der Waals surface area contributed by atoms with Crippen molar-refractivity contribution in [3.05, 3.63) is 41.5 Å². The number of halogens is 4. The van der Waals surface area contributed by atoms with Crippen molar-refractivity contribution in [1.82, 2.24) is 10.6 Å². The summed E-state index contributed by atoms with van der Waals surface area (Å²) < 4.78 is 50.6. The maximum absolute atomic E-state index is 13.4. The zero-order valence-electron chi connectivity index (χ0n) is 20.8. The van der Waals surface area contributed by atoms with E-state index >= 15 is 0 Å². The van der Waals surface area contributed by atoms with Crippen molar-refractivity contribution in [3.63, 3.8) is 0 Å². The molecule has 0 aromatic heterocycles. The molecule has 2 saturated heterocycles. The fraction of sp³-hybridized carbons (Fsp3) is 0.640. The lowest BCUT2D eigenvalue weighted by Gasteiger charge is -2.44. The van der Waals surface area contributed by atoms with Crippen LogP contribution < -0.4 is 10.6 Å². The van der Waals surface area contributed by atoms with Crippen molar-refractivity contribution in [2.75, 3.05) is 19.4 Å². The first kappa shape index (κ1) is 29.6. The Morgan fingerprint density at radius 2 is 1.87 bits per heavy atom. The van der Waals surface area contributed by atoms with Gasteiger partial charge in [0.1, 0.15) is 35.9 Å². The maximum atomic E-state index is 13.4. The van der Waals surface area contributed by atoms with Crippen LogP contribution in [-0.4, -0.2) is 94.1 Å². The fourth-order valence-electron chi connectivity index (χ4n) is 5.20. The van der Waals surface area contributed by atoms with Crippen molar-refractivity contribution in [3.8, 4) is 0 Å². The van der Waals surface area contributed by atoms with Gasteiger partial charge in [-0.15, -0.1) is 23.4 Å². The highest BCUT2D eigenvalue weighted by Gasteiger charge is 2.49. The molecule has 3 aliphatic heterocycles. The highest BCUT2D eigenvalue weighted by Crippen LogP contribution is 2.34. The van der Waals surface area contributed by atoms with E-state index in [0.29, 0.717) is 18.5 Å². The summed E-state index contributed by atoms with van der Waals surface area (Å²) in [6, 6.07) is 3.34. The third kappa shape index (κ3) is 6.17. The van der Waals surface area contributed by atoms with Crippen molar-refractivity contribution >= 4 is 34.8 Å². The molecule has 0 radical (unpaired) electrons. The van der Waals surface area contributed by atoms with Gasteiger partial charge in [0.2, 0.25) is 5.91 Å². The van der Waals surface area contributed by atoms with E-state index in [4.69, 9.17) is 21.1 Å². The van der Waals surface area contributed by atoms with Gasteiger partial charge >= 0.3 is 6.18 Å². The van der Waals surface area contributed by atoms with E-state index in [1.54, 1.807) is 13.2 Å². The smallest absolute Gasteiger partial charge is 0.388 e. The summed E-state index contributed by atoms with van der Waals surface area (Å²) in [6.45, 7) is 2.31. The number of hydrogen-bond acceptors (Lipinski definition) is 8. The van der Waals surface area contributed by atoms with Gasteiger partial charge in [-0.25, -0.2) is 0 Å². The molecule has 1 aromatic rings. The standard InChI is InChI=1S/C25H32ClF3N2O6S/c1-11(26)16(22-19(33)18(32)20(34)24(37-22)38-2)31-23(35)17-21-14(10-30-17)9-13(7-8-36-21)12-3-5-15(6-4-12)25(27,28)29/h3-6,9,11,14,16-22,24,30,32-34H,7-8,10H2,1-2H3,(H,31,35)/t11-,14?,16+,17-,18?,19?,20+,21+,22+,24?/m0/s1. The number of amides is 1. The van der Waals surface area contributed by atoms with Crippen LogP contribution in [0, 0.1) is 5.92 Å². The van der Waals surface area contributed by atoms with Crippen LogP contribution in [0.25, 0.3) is 5.57 Å². The molecule has 5 N–H and O–H groups in total. The number of hydrogen-bond donors (Lipinski definition) is 5. The number of aliphatic hydroxyl groups is 3. The number of alkyl halides is 4. The van der Waals surface area contributed by atoms with Crippen LogP contribution >= 0.6 is 23.4 Å². The average molecular weight is 581 g/mol. The number of benzene rings is 1. The zero-order chi connectivity index (χ0) is 27.8. The molecule has 3 heterocycles. The molecule has 2 fully saturated rings. The van der Waals surface area contributed by atoms with Crippen molar-refractivity contribution in [2.45, 2.75) is 72.9 Å². The predicted molar refractivity (Wildman–Crippen MR) is 137 cm³/mol. The number of carbonyl (C=O) groups excluding carboxylic acids is 1. The lowest BCUT2D eigenvalue weighted by atomic mass is 9.92. The highest BCUT2D eigenvalue weighted by atomic mass is 35.5. The SMILES string of the molecule is CSC1O[C@H]([C@H](NC(=O)[C@H]2NCC3C=C(c4ccc(C(F)(F)F)cc4)CCO[C@H]32)[C@H](C)Cl)C(O)C(O)[C@H]1O. The van der Waals surface area contributed by atoms with Gasteiger partial charge in [-0.3, -0.25) is 4.79 Å². The lowest BCUT2D eigenvalue weighted by molar-refractivity contribution is -0.205. The van der Waals surface area contributed by atoms with Crippen molar-refractivity contribution in [1.29, 1.82) is 0 Å². The Morgan fingerprint density at radius 3 is 2.47 bits per heavy atom. The van der Waals surface area contributed by atoms with E-state index in [9.17, 15) is 33.3 Å². The fourth-order valence-corrected chi connectivity index (χ4v) is 6.08. The number of nitrogens with one attached hydrogen (secondary N) is 2. The summed E-state index contributed by atoms with van der Waals surface area (Å²) in [7, 11) is 0. The van der Waals surface area contributed by atoms with Crippen LogP contribution in [0.15, 0.2) is 30.3 Å². The van der Waals surface area contributed by atoms with Gasteiger partial charge in [0, 0.05) is 12.5 Å². The van der Waals surface area contributed by atoms with Gasteiger partial charge in [0.05, 0.1) is 29.7 Å². The third-order valence-corrected chi connectivity index (χ3v) is 8.41. The minimum Gasteiger partial charge on any atom is -0.388 e.